The van der Waals surface area contributed by atoms with E-state index in [1.807, 2.05) is 12.1 Å². The number of carbonyl (C=O) groups excluding carboxylic acids is 1. The maximum absolute atomic E-state index is 12.6. The molecule has 28 heavy (non-hydrogen) atoms. The van der Waals surface area contributed by atoms with E-state index in [1.165, 1.54) is 6.20 Å². The first-order valence-corrected chi connectivity index (χ1v) is 9.25. The second-order valence-electron chi connectivity index (χ2n) is 6.57. The van der Waals surface area contributed by atoms with Gasteiger partial charge in [0, 0.05) is 41.2 Å². The van der Waals surface area contributed by atoms with Crippen molar-refractivity contribution in [3.63, 3.8) is 0 Å². The van der Waals surface area contributed by atoms with Gasteiger partial charge in [-0.1, -0.05) is 35.3 Å². The Balaban J connectivity index is 1.75. The van der Waals surface area contributed by atoms with Crippen LogP contribution in [0.5, 0.6) is 0 Å². The van der Waals surface area contributed by atoms with Gasteiger partial charge in [-0.15, -0.1) is 0 Å². The molecule has 0 bridgehead atoms. The minimum atomic E-state index is -1.77. The summed E-state index contributed by atoms with van der Waals surface area (Å²) in [5.74, 6) is -0.682. The normalized spacial score (nSPS) is 16.8. The summed E-state index contributed by atoms with van der Waals surface area (Å²) in [5, 5.41) is 5.58. The van der Waals surface area contributed by atoms with Crippen LogP contribution in [0.25, 0.3) is 16.9 Å². The maximum Gasteiger partial charge on any atom is 0.266 e. The highest BCUT2D eigenvalue weighted by atomic mass is 35.5. The van der Waals surface area contributed by atoms with Crippen molar-refractivity contribution < 1.29 is 13.6 Å². The molecule has 2 aromatic heterocycles. The molecule has 1 atom stereocenters. The van der Waals surface area contributed by atoms with Gasteiger partial charge < -0.3 is 4.90 Å². The molecule has 1 amide bonds. The van der Waals surface area contributed by atoms with Crippen molar-refractivity contribution >= 4 is 34.8 Å². The van der Waals surface area contributed by atoms with Gasteiger partial charge in [0.25, 0.3) is 6.08 Å². The Hall–Kier alpha value is -2.51. The van der Waals surface area contributed by atoms with Crippen LogP contribution in [0.1, 0.15) is 12.0 Å². The maximum atomic E-state index is 12.6. The van der Waals surface area contributed by atoms with Crippen LogP contribution in [0.2, 0.25) is 10.0 Å². The summed E-state index contributed by atoms with van der Waals surface area (Å²) in [6.07, 6.45) is 2.26. The van der Waals surface area contributed by atoms with E-state index in [9.17, 15) is 13.6 Å². The molecule has 144 valence electrons. The minimum absolute atomic E-state index is 0.0616. The van der Waals surface area contributed by atoms with Gasteiger partial charge >= 0.3 is 0 Å². The van der Waals surface area contributed by atoms with Crippen LogP contribution < -0.4 is 0 Å². The van der Waals surface area contributed by atoms with Crippen molar-refractivity contribution in [3.05, 3.63) is 64.4 Å². The number of likely N-dealkylation sites (tertiary alicyclic amines) is 1. The highest BCUT2D eigenvalue weighted by Crippen LogP contribution is 2.30. The van der Waals surface area contributed by atoms with E-state index < -0.39 is 12.0 Å². The van der Waals surface area contributed by atoms with Crippen LogP contribution in [0.3, 0.4) is 0 Å². The van der Waals surface area contributed by atoms with Gasteiger partial charge in [0.05, 0.1) is 17.8 Å². The molecule has 1 unspecified atom stereocenters. The quantitative estimate of drug-likeness (QED) is 0.604. The van der Waals surface area contributed by atoms with Gasteiger partial charge in [0.15, 0.2) is 5.65 Å². The van der Waals surface area contributed by atoms with Crippen LogP contribution in [-0.2, 0) is 11.3 Å². The number of halogens is 4. The zero-order valence-electron chi connectivity index (χ0n) is 14.4. The van der Waals surface area contributed by atoms with E-state index in [4.69, 9.17) is 23.2 Å². The number of aromatic nitrogens is 3. The summed E-state index contributed by atoms with van der Waals surface area (Å²) in [4.78, 5) is 18.2. The van der Waals surface area contributed by atoms with Crippen molar-refractivity contribution in [1.82, 2.24) is 19.5 Å². The largest absolute Gasteiger partial charge is 0.338 e. The molecule has 0 spiro atoms. The van der Waals surface area contributed by atoms with E-state index in [-0.39, 0.29) is 25.4 Å². The summed E-state index contributed by atoms with van der Waals surface area (Å²) >= 11 is 12.0. The molecule has 0 radical (unpaired) electrons. The van der Waals surface area contributed by atoms with E-state index in [2.05, 4.69) is 10.1 Å². The monoisotopic (exact) mass is 422 g/mol. The fraction of sp³-hybridized carbons (Fsp3) is 0.211. The van der Waals surface area contributed by atoms with Crippen molar-refractivity contribution in [3.8, 4) is 11.3 Å². The number of fused-ring (bicyclic) bond motifs is 1. The second-order valence-corrected chi connectivity index (χ2v) is 7.44. The number of hydrogen-bond donors (Lipinski definition) is 0. The number of nitrogens with zero attached hydrogens (tertiary/aromatic N) is 4. The number of hydrogen-bond acceptors (Lipinski definition) is 3. The predicted octanol–water partition coefficient (Wildman–Crippen LogP) is 4.83. The minimum Gasteiger partial charge on any atom is -0.338 e. The lowest BCUT2D eigenvalue weighted by molar-refractivity contribution is -0.128. The van der Waals surface area contributed by atoms with Gasteiger partial charge in [-0.2, -0.15) is 13.9 Å². The van der Waals surface area contributed by atoms with Crippen LogP contribution in [-0.4, -0.2) is 31.9 Å². The third-order valence-corrected chi connectivity index (χ3v) is 5.06. The Morgan fingerprint density at radius 3 is 2.68 bits per heavy atom. The van der Waals surface area contributed by atoms with E-state index in [0.717, 1.165) is 17.2 Å². The summed E-state index contributed by atoms with van der Waals surface area (Å²) < 4.78 is 26.7. The molecule has 1 aliphatic heterocycles. The highest BCUT2D eigenvalue weighted by Gasteiger charge is 2.31. The molecule has 3 aromatic rings. The number of benzene rings is 1. The van der Waals surface area contributed by atoms with E-state index in [1.54, 1.807) is 27.7 Å². The summed E-state index contributed by atoms with van der Waals surface area (Å²) in [6, 6.07) is 7.14. The van der Waals surface area contributed by atoms with Gasteiger partial charge in [0.2, 0.25) is 5.91 Å². The fourth-order valence-corrected chi connectivity index (χ4v) is 3.65. The smallest absolute Gasteiger partial charge is 0.266 e. The lowest BCUT2D eigenvalue weighted by Gasteiger charge is -2.16. The molecule has 9 heteroatoms. The van der Waals surface area contributed by atoms with Crippen molar-refractivity contribution in [2.45, 2.75) is 13.0 Å². The molecule has 1 fully saturated rings. The second kappa shape index (κ2) is 7.48. The van der Waals surface area contributed by atoms with Crippen LogP contribution in [0.15, 0.2) is 48.8 Å². The van der Waals surface area contributed by atoms with Gasteiger partial charge in [-0.25, -0.2) is 9.50 Å². The first-order valence-electron chi connectivity index (χ1n) is 8.50. The van der Waals surface area contributed by atoms with Crippen molar-refractivity contribution in [2.24, 2.45) is 5.92 Å². The number of amides is 1. The fourth-order valence-electron chi connectivity index (χ4n) is 3.38. The van der Waals surface area contributed by atoms with Crippen molar-refractivity contribution in [1.29, 1.82) is 0 Å². The summed E-state index contributed by atoms with van der Waals surface area (Å²) in [6.45, 7) is 0.439. The lowest BCUT2D eigenvalue weighted by Crippen LogP contribution is -2.24. The van der Waals surface area contributed by atoms with Gasteiger partial charge in [-0.05, 0) is 18.2 Å². The molecule has 5 nitrogen and oxygen atoms in total. The average Bonchev–Trinajstić information content (AvgIpc) is 3.15. The zero-order chi connectivity index (χ0) is 19.8. The number of rotatable bonds is 4. The standard InChI is InChI=1S/C19H14Cl2F2N4O/c20-13-3-1-12(2-4-13)18-15(19-24-7-14(21)9-27(19)25-18)10-26-8-11(5-16(22)23)6-17(26)28/h1-5,7,9,11H,6,8,10H2. The zero-order valence-corrected chi connectivity index (χ0v) is 16.0. The van der Waals surface area contributed by atoms with Crippen LogP contribution in [0, 0.1) is 5.92 Å². The molecule has 4 rings (SSSR count). The molecular formula is C19H14Cl2F2N4O. The number of carbonyl (C=O) groups is 1. The third kappa shape index (κ3) is 3.72. The first kappa shape index (κ1) is 18.8. The van der Waals surface area contributed by atoms with E-state index >= 15 is 0 Å². The van der Waals surface area contributed by atoms with Gasteiger partial charge in [0.1, 0.15) is 5.69 Å². The molecule has 0 saturated carbocycles. The highest BCUT2D eigenvalue weighted by molar-refractivity contribution is 6.30. The Labute approximate surface area is 169 Å². The molecular weight excluding hydrogens is 409 g/mol. The Morgan fingerprint density at radius 2 is 1.96 bits per heavy atom. The molecule has 0 aliphatic carbocycles. The Morgan fingerprint density at radius 1 is 1.21 bits per heavy atom. The predicted molar refractivity (Wildman–Crippen MR) is 102 cm³/mol. The van der Waals surface area contributed by atoms with Crippen molar-refractivity contribution in [2.75, 3.05) is 6.54 Å². The molecule has 0 N–H and O–H groups in total. The third-order valence-electron chi connectivity index (χ3n) is 4.61. The van der Waals surface area contributed by atoms with Crippen LogP contribution in [0.4, 0.5) is 8.78 Å². The SMILES string of the molecule is O=C1CC(C=C(F)F)CN1Cc1c(-c2ccc(Cl)cc2)nn2cc(Cl)cnc12. The molecule has 1 aliphatic rings. The Bertz CT molecular complexity index is 1080. The molecule has 3 heterocycles. The van der Waals surface area contributed by atoms with Crippen LogP contribution >= 0.6 is 23.2 Å². The summed E-state index contributed by atoms with van der Waals surface area (Å²) in [5.41, 5.74) is 2.71. The molecule has 1 saturated heterocycles. The van der Waals surface area contributed by atoms with Gasteiger partial charge in [-0.3, -0.25) is 4.79 Å². The summed E-state index contributed by atoms with van der Waals surface area (Å²) in [7, 11) is 0. The topological polar surface area (TPSA) is 50.5 Å². The first-order chi connectivity index (χ1) is 13.4. The average molecular weight is 423 g/mol. The Kier molecular flexibility index (Phi) is 5.03. The van der Waals surface area contributed by atoms with E-state index in [0.29, 0.717) is 21.4 Å². The lowest BCUT2D eigenvalue weighted by atomic mass is 10.1. The molecule has 1 aromatic carbocycles.